The molecule has 26 heavy (non-hydrogen) atoms. The van der Waals surface area contributed by atoms with Gasteiger partial charge in [-0.2, -0.15) is 5.10 Å². The Bertz CT molecular complexity index is 824. The van der Waals surface area contributed by atoms with Gasteiger partial charge in [0.1, 0.15) is 6.10 Å². The predicted molar refractivity (Wildman–Crippen MR) is 95.8 cm³/mol. The van der Waals surface area contributed by atoms with Gasteiger partial charge in [-0.1, -0.05) is 12.1 Å². The molecule has 3 heterocycles. The number of hydrogen-bond acceptors (Lipinski definition) is 5. The number of ether oxygens (including phenoxy) is 2. The van der Waals surface area contributed by atoms with Gasteiger partial charge in [0, 0.05) is 23.9 Å². The third-order valence-corrected chi connectivity index (χ3v) is 4.83. The van der Waals surface area contributed by atoms with Crippen LogP contribution in [0.15, 0.2) is 41.2 Å². The first-order valence-electron chi connectivity index (χ1n) is 8.93. The minimum absolute atomic E-state index is 0.0185. The Hall–Kier alpha value is -2.51. The lowest BCUT2D eigenvalue weighted by Gasteiger charge is -2.18. The summed E-state index contributed by atoms with van der Waals surface area (Å²) < 4.78 is 11.6. The van der Waals surface area contributed by atoms with Crippen LogP contribution in [0.3, 0.4) is 0 Å². The van der Waals surface area contributed by atoms with Crippen LogP contribution < -0.4 is 10.9 Å². The van der Waals surface area contributed by atoms with Crippen molar-refractivity contribution < 1.29 is 14.3 Å². The lowest BCUT2D eigenvalue weighted by molar-refractivity contribution is -0.129. The minimum Gasteiger partial charge on any atom is -0.376 e. The summed E-state index contributed by atoms with van der Waals surface area (Å²) >= 11 is 0. The zero-order chi connectivity index (χ0) is 17.9. The highest BCUT2D eigenvalue weighted by atomic mass is 16.6. The van der Waals surface area contributed by atoms with Gasteiger partial charge in [-0.3, -0.25) is 9.59 Å². The number of carbonyl (C=O) groups excluding carboxylic acids is 1. The summed E-state index contributed by atoms with van der Waals surface area (Å²) in [6.45, 7) is 0.785. The number of aromatic nitrogens is 2. The molecule has 3 atom stereocenters. The number of nitrogens with one attached hydrogen (secondary N) is 2. The van der Waals surface area contributed by atoms with E-state index in [1.807, 2.05) is 24.3 Å². The van der Waals surface area contributed by atoms with Crippen LogP contribution in [0.1, 0.15) is 25.7 Å². The number of rotatable bonds is 4. The summed E-state index contributed by atoms with van der Waals surface area (Å²) in [5, 5.41) is 9.33. The quantitative estimate of drug-likeness (QED) is 0.876. The molecule has 2 saturated heterocycles. The van der Waals surface area contributed by atoms with E-state index in [9.17, 15) is 9.59 Å². The summed E-state index contributed by atoms with van der Waals surface area (Å²) in [6.07, 6.45) is 3.33. The molecule has 136 valence electrons. The van der Waals surface area contributed by atoms with Gasteiger partial charge in [-0.15, -0.1) is 0 Å². The first-order chi connectivity index (χ1) is 12.7. The molecule has 1 amide bonds. The van der Waals surface area contributed by atoms with Crippen molar-refractivity contribution in [2.75, 3.05) is 11.9 Å². The van der Waals surface area contributed by atoms with E-state index < -0.39 is 6.10 Å². The smallest absolute Gasteiger partial charge is 0.264 e. The van der Waals surface area contributed by atoms with Crippen LogP contribution in [-0.4, -0.2) is 41.0 Å². The molecule has 7 nitrogen and oxygen atoms in total. The van der Waals surface area contributed by atoms with Crippen LogP contribution in [0, 0.1) is 0 Å². The predicted octanol–water partition coefficient (Wildman–Crippen LogP) is 2.10. The van der Waals surface area contributed by atoms with Gasteiger partial charge in [0.2, 0.25) is 0 Å². The molecule has 3 unspecified atom stereocenters. The third kappa shape index (κ3) is 3.68. The van der Waals surface area contributed by atoms with E-state index in [0.717, 1.165) is 31.4 Å². The number of anilines is 1. The fraction of sp³-hybridized carbons (Fsp3) is 0.421. The van der Waals surface area contributed by atoms with Crippen LogP contribution in [-0.2, 0) is 14.3 Å². The number of hydrogen-bond donors (Lipinski definition) is 2. The Labute approximate surface area is 150 Å². The van der Waals surface area contributed by atoms with Crippen LogP contribution in [0.5, 0.6) is 0 Å². The molecule has 2 aromatic rings. The Morgan fingerprint density at radius 3 is 2.85 bits per heavy atom. The van der Waals surface area contributed by atoms with E-state index >= 15 is 0 Å². The second kappa shape index (κ2) is 7.39. The summed E-state index contributed by atoms with van der Waals surface area (Å²) in [6, 6.07) is 10.4. The second-order valence-corrected chi connectivity index (χ2v) is 6.67. The first kappa shape index (κ1) is 16.9. The largest absolute Gasteiger partial charge is 0.376 e. The van der Waals surface area contributed by atoms with Crippen molar-refractivity contribution in [1.82, 2.24) is 10.2 Å². The van der Waals surface area contributed by atoms with Crippen molar-refractivity contribution in [3.8, 4) is 11.3 Å². The molecule has 0 aliphatic carbocycles. The highest BCUT2D eigenvalue weighted by Gasteiger charge is 2.37. The van der Waals surface area contributed by atoms with Crippen LogP contribution >= 0.6 is 0 Å². The molecule has 1 aromatic heterocycles. The van der Waals surface area contributed by atoms with Gasteiger partial charge >= 0.3 is 0 Å². The van der Waals surface area contributed by atoms with Crippen molar-refractivity contribution in [2.24, 2.45) is 0 Å². The molecular formula is C19H21N3O4. The number of H-pyrrole nitrogens is 1. The van der Waals surface area contributed by atoms with Gasteiger partial charge in [-0.25, -0.2) is 5.10 Å². The minimum atomic E-state index is -0.445. The summed E-state index contributed by atoms with van der Waals surface area (Å²) in [5.74, 6) is -0.142. The van der Waals surface area contributed by atoms with Gasteiger partial charge in [-0.05, 0) is 43.9 Å². The molecule has 0 saturated carbocycles. The van der Waals surface area contributed by atoms with E-state index in [0.29, 0.717) is 17.8 Å². The molecule has 0 spiro atoms. The van der Waals surface area contributed by atoms with E-state index in [1.165, 1.54) is 6.07 Å². The molecule has 2 aliphatic heterocycles. The summed E-state index contributed by atoms with van der Waals surface area (Å²) in [7, 11) is 0. The first-order valence-corrected chi connectivity index (χ1v) is 8.93. The molecule has 7 heteroatoms. The molecule has 4 rings (SSSR count). The topological polar surface area (TPSA) is 93.3 Å². The lowest BCUT2D eigenvalue weighted by atomic mass is 10.1. The summed E-state index contributed by atoms with van der Waals surface area (Å²) in [4.78, 5) is 23.7. The number of nitrogens with zero attached hydrogens (tertiary/aromatic N) is 1. The zero-order valence-corrected chi connectivity index (χ0v) is 14.3. The van der Waals surface area contributed by atoms with Crippen molar-refractivity contribution in [3.05, 3.63) is 46.8 Å². The van der Waals surface area contributed by atoms with E-state index in [2.05, 4.69) is 15.5 Å². The Balaban J connectivity index is 1.41. The molecule has 1 aromatic carbocycles. The van der Waals surface area contributed by atoms with E-state index in [1.54, 1.807) is 6.07 Å². The number of carbonyl (C=O) groups is 1. The fourth-order valence-corrected chi connectivity index (χ4v) is 3.51. The highest BCUT2D eigenvalue weighted by Crippen LogP contribution is 2.29. The number of benzene rings is 1. The van der Waals surface area contributed by atoms with Gasteiger partial charge < -0.3 is 14.8 Å². The normalized spacial score (nSPS) is 25.3. The summed E-state index contributed by atoms with van der Waals surface area (Å²) in [5.41, 5.74) is 1.86. The number of aromatic amines is 1. The van der Waals surface area contributed by atoms with Gasteiger partial charge in [0.25, 0.3) is 11.5 Å². The van der Waals surface area contributed by atoms with E-state index in [4.69, 9.17) is 9.47 Å². The highest BCUT2D eigenvalue weighted by molar-refractivity contribution is 5.94. The lowest BCUT2D eigenvalue weighted by Crippen LogP contribution is -2.31. The maximum atomic E-state index is 12.5. The van der Waals surface area contributed by atoms with Gasteiger partial charge in [0.05, 0.1) is 17.9 Å². The molecule has 2 fully saturated rings. The van der Waals surface area contributed by atoms with Crippen molar-refractivity contribution in [2.45, 2.75) is 44.0 Å². The number of amides is 1. The maximum absolute atomic E-state index is 12.5. The fourth-order valence-electron chi connectivity index (χ4n) is 3.51. The Morgan fingerprint density at radius 1 is 1.15 bits per heavy atom. The molecular weight excluding hydrogens is 334 g/mol. The standard InChI is InChI=1S/C19H21N3O4/c23-18-9-6-14(21-22-18)12-3-1-4-13(11-12)20-19(24)17-8-7-16(26-17)15-5-2-10-25-15/h1,3-4,6,9,11,15-17H,2,5,7-8,10H2,(H,20,24)(H,22,23). The SMILES string of the molecule is O=C(Nc1cccc(-c2ccc(=O)[nH]n2)c1)C1CCC(C2CCCO2)O1. The zero-order valence-electron chi connectivity index (χ0n) is 14.3. The van der Waals surface area contributed by atoms with Crippen LogP contribution in [0.4, 0.5) is 5.69 Å². The van der Waals surface area contributed by atoms with Crippen molar-refractivity contribution >= 4 is 11.6 Å². The van der Waals surface area contributed by atoms with Crippen molar-refractivity contribution in [3.63, 3.8) is 0 Å². The van der Waals surface area contributed by atoms with Crippen LogP contribution in [0.2, 0.25) is 0 Å². The monoisotopic (exact) mass is 355 g/mol. The van der Waals surface area contributed by atoms with Crippen LogP contribution in [0.25, 0.3) is 11.3 Å². The molecule has 2 aliphatic rings. The second-order valence-electron chi connectivity index (χ2n) is 6.67. The Kier molecular flexibility index (Phi) is 4.81. The van der Waals surface area contributed by atoms with E-state index in [-0.39, 0.29) is 23.7 Å². The average molecular weight is 355 g/mol. The maximum Gasteiger partial charge on any atom is 0.264 e. The van der Waals surface area contributed by atoms with Crippen molar-refractivity contribution in [1.29, 1.82) is 0 Å². The average Bonchev–Trinajstić information content (AvgIpc) is 3.34. The molecule has 0 radical (unpaired) electrons. The Morgan fingerprint density at radius 2 is 2.08 bits per heavy atom. The molecule has 2 N–H and O–H groups in total. The third-order valence-electron chi connectivity index (χ3n) is 4.83. The molecule has 0 bridgehead atoms. The van der Waals surface area contributed by atoms with Gasteiger partial charge in [0.15, 0.2) is 0 Å².